The van der Waals surface area contributed by atoms with E-state index in [-0.39, 0.29) is 6.04 Å². The zero-order valence-electron chi connectivity index (χ0n) is 17.5. The van der Waals surface area contributed by atoms with E-state index in [9.17, 15) is 5.53 Å². The zero-order valence-corrected chi connectivity index (χ0v) is 17.5. The first-order valence-corrected chi connectivity index (χ1v) is 10.6. The van der Waals surface area contributed by atoms with Crippen LogP contribution in [0.2, 0.25) is 0 Å². The minimum Gasteiger partial charge on any atom is -0.293 e. The molecule has 1 fully saturated rings. The third-order valence-corrected chi connectivity index (χ3v) is 5.97. The Kier molecular flexibility index (Phi) is 5.30. The lowest BCUT2D eigenvalue weighted by Crippen LogP contribution is -2.18. The van der Waals surface area contributed by atoms with E-state index in [2.05, 4.69) is 76.0 Å². The van der Waals surface area contributed by atoms with E-state index in [4.69, 9.17) is 0 Å². The van der Waals surface area contributed by atoms with Crippen molar-refractivity contribution in [2.24, 2.45) is 5.11 Å². The van der Waals surface area contributed by atoms with Crippen LogP contribution < -0.4 is 5.32 Å². The van der Waals surface area contributed by atoms with Gasteiger partial charge in [0.15, 0.2) is 0 Å². The molecule has 0 amide bonds. The fourth-order valence-electron chi connectivity index (χ4n) is 4.53. The Hall–Kier alpha value is -4.11. The quantitative estimate of drug-likeness (QED) is 0.118. The van der Waals surface area contributed by atoms with Crippen molar-refractivity contribution in [3.05, 3.63) is 154 Å². The van der Waals surface area contributed by atoms with Crippen molar-refractivity contribution in [3.8, 4) is 0 Å². The van der Waals surface area contributed by atoms with E-state index in [0.29, 0.717) is 5.70 Å². The van der Waals surface area contributed by atoms with Gasteiger partial charge in [-0.2, -0.15) is 0 Å². The summed E-state index contributed by atoms with van der Waals surface area (Å²) in [5.74, 6) is 0. The van der Waals surface area contributed by atoms with Crippen LogP contribution in [0, 0.1) is 0 Å². The molecule has 1 heterocycles. The molecular weight excluding hydrogens is 392 g/mol. The summed E-state index contributed by atoms with van der Waals surface area (Å²) in [6, 6.07) is 41.0. The number of nitrogens with one attached hydrogen (secondary N) is 1. The highest BCUT2D eigenvalue weighted by Crippen LogP contribution is 2.58. The minimum absolute atomic E-state index is 0.0499. The summed E-state index contributed by atoms with van der Waals surface area (Å²) < 4.78 is 0. The molecule has 4 nitrogen and oxygen atoms in total. The van der Waals surface area contributed by atoms with Gasteiger partial charge in [-0.15, -0.1) is 0 Å². The van der Waals surface area contributed by atoms with E-state index in [1.54, 1.807) is 0 Å². The van der Waals surface area contributed by atoms with Crippen LogP contribution in [-0.2, 0) is 5.54 Å². The van der Waals surface area contributed by atoms with Gasteiger partial charge in [-0.3, -0.25) is 5.32 Å². The molecule has 2 unspecified atom stereocenters. The van der Waals surface area contributed by atoms with Crippen LogP contribution in [0.4, 0.5) is 0 Å². The second-order valence-corrected chi connectivity index (χ2v) is 7.81. The minimum atomic E-state index is -0.524. The highest BCUT2D eigenvalue weighted by Gasteiger charge is 2.59. The normalized spacial score (nSPS) is 20.1. The third kappa shape index (κ3) is 3.48. The number of azide groups is 1. The van der Waals surface area contributed by atoms with Crippen LogP contribution in [-0.4, -0.2) is 0 Å². The summed E-state index contributed by atoms with van der Waals surface area (Å²) in [7, 11) is 0. The summed E-state index contributed by atoms with van der Waals surface area (Å²) in [5.41, 5.74) is 14.9. The molecule has 4 aromatic carbocycles. The van der Waals surface area contributed by atoms with Crippen molar-refractivity contribution in [3.63, 3.8) is 0 Å². The van der Waals surface area contributed by atoms with Crippen LogP contribution in [0.3, 0.4) is 0 Å². The van der Waals surface area contributed by atoms with E-state index in [0.717, 1.165) is 22.3 Å². The number of benzene rings is 4. The highest BCUT2D eigenvalue weighted by molar-refractivity contribution is 5.97. The molecule has 0 aliphatic carbocycles. The van der Waals surface area contributed by atoms with Crippen LogP contribution in [0.1, 0.15) is 28.3 Å². The molecule has 32 heavy (non-hydrogen) atoms. The molecular formula is C28H22N4. The van der Waals surface area contributed by atoms with E-state index < -0.39 is 5.54 Å². The molecule has 4 heteroatoms. The SMILES string of the molecule is [N-]=[N+]=NC(=C(c1ccccc1)C1(c2ccccc2)NC1c1ccccc1)c1ccccc1. The Morgan fingerprint density at radius 3 is 1.75 bits per heavy atom. The molecule has 1 aliphatic heterocycles. The molecule has 1 saturated heterocycles. The molecule has 2 atom stereocenters. The molecule has 0 saturated carbocycles. The Morgan fingerprint density at radius 1 is 0.688 bits per heavy atom. The van der Waals surface area contributed by atoms with Crippen molar-refractivity contribution >= 4 is 11.3 Å². The van der Waals surface area contributed by atoms with E-state index >= 15 is 0 Å². The summed E-state index contributed by atoms with van der Waals surface area (Å²) in [5, 5.41) is 8.03. The molecule has 154 valence electrons. The van der Waals surface area contributed by atoms with E-state index in [1.807, 2.05) is 60.7 Å². The number of rotatable bonds is 6. The number of nitrogens with zero attached hydrogens (tertiary/aromatic N) is 3. The Balaban J connectivity index is 1.84. The van der Waals surface area contributed by atoms with Crippen LogP contribution >= 0.6 is 0 Å². The predicted octanol–water partition coefficient (Wildman–Crippen LogP) is 7.11. The fourth-order valence-corrected chi connectivity index (χ4v) is 4.53. The van der Waals surface area contributed by atoms with Crippen molar-refractivity contribution in [2.45, 2.75) is 11.6 Å². The average Bonchev–Trinajstić information content (AvgIpc) is 3.62. The van der Waals surface area contributed by atoms with Crippen molar-refractivity contribution in [1.29, 1.82) is 0 Å². The summed E-state index contributed by atoms with van der Waals surface area (Å²) in [4.78, 5) is 3.23. The van der Waals surface area contributed by atoms with Crippen molar-refractivity contribution in [1.82, 2.24) is 5.32 Å². The first-order chi connectivity index (χ1) is 15.8. The topological polar surface area (TPSA) is 70.7 Å². The van der Waals surface area contributed by atoms with Gasteiger partial charge in [0.05, 0.1) is 17.3 Å². The fraction of sp³-hybridized carbons (Fsp3) is 0.0714. The maximum absolute atomic E-state index is 9.54. The largest absolute Gasteiger partial charge is 0.293 e. The highest BCUT2D eigenvalue weighted by atomic mass is 15.2. The Labute approximate surface area is 187 Å². The lowest BCUT2D eigenvalue weighted by Gasteiger charge is -2.24. The third-order valence-electron chi connectivity index (χ3n) is 5.97. The van der Waals surface area contributed by atoms with Gasteiger partial charge < -0.3 is 0 Å². The molecule has 5 rings (SSSR count). The summed E-state index contributed by atoms with van der Waals surface area (Å²) in [6.07, 6.45) is 0. The first kappa shape index (κ1) is 19.8. The second-order valence-electron chi connectivity index (χ2n) is 7.81. The van der Waals surface area contributed by atoms with Crippen molar-refractivity contribution in [2.75, 3.05) is 0 Å². The van der Waals surface area contributed by atoms with Gasteiger partial charge in [0.1, 0.15) is 0 Å². The van der Waals surface area contributed by atoms with E-state index in [1.165, 1.54) is 5.56 Å². The average molecular weight is 415 g/mol. The van der Waals surface area contributed by atoms with Crippen LogP contribution in [0.15, 0.2) is 126 Å². The van der Waals surface area contributed by atoms with Gasteiger partial charge in [-0.05, 0) is 33.4 Å². The maximum Gasteiger partial charge on any atom is 0.0904 e. The first-order valence-electron chi connectivity index (χ1n) is 10.6. The predicted molar refractivity (Wildman–Crippen MR) is 129 cm³/mol. The Morgan fingerprint density at radius 2 is 1.19 bits per heavy atom. The monoisotopic (exact) mass is 414 g/mol. The molecule has 1 N–H and O–H groups in total. The molecule has 0 bridgehead atoms. The van der Waals surface area contributed by atoms with Crippen LogP contribution in [0.25, 0.3) is 21.7 Å². The van der Waals surface area contributed by atoms with Gasteiger partial charge >= 0.3 is 0 Å². The van der Waals surface area contributed by atoms with Gasteiger partial charge in [0, 0.05) is 4.91 Å². The number of hydrogen-bond acceptors (Lipinski definition) is 2. The number of hydrogen-bond donors (Lipinski definition) is 1. The lowest BCUT2D eigenvalue weighted by molar-refractivity contribution is 0.848. The summed E-state index contributed by atoms with van der Waals surface area (Å²) in [6.45, 7) is 0. The summed E-state index contributed by atoms with van der Waals surface area (Å²) >= 11 is 0. The molecule has 4 aromatic rings. The second kappa shape index (κ2) is 8.56. The van der Waals surface area contributed by atoms with Crippen molar-refractivity contribution < 1.29 is 0 Å². The maximum atomic E-state index is 9.54. The van der Waals surface area contributed by atoms with Gasteiger partial charge in [0.25, 0.3) is 0 Å². The van der Waals surface area contributed by atoms with Gasteiger partial charge in [0.2, 0.25) is 0 Å². The lowest BCUT2D eigenvalue weighted by atomic mass is 9.79. The van der Waals surface area contributed by atoms with Gasteiger partial charge in [-0.25, -0.2) is 0 Å². The molecule has 0 spiro atoms. The molecule has 0 radical (unpaired) electrons. The van der Waals surface area contributed by atoms with Gasteiger partial charge in [-0.1, -0.05) is 126 Å². The van der Waals surface area contributed by atoms with Crippen LogP contribution in [0.5, 0.6) is 0 Å². The zero-order chi connectivity index (χ0) is 21.8. The smallest absolute Gasteiger partial charge is 0.0904 e. The standard InChI is InChI=1S/C28H22N4/c29-32-31-26(22-15-7-2-8-16-22)25(21-13-5-1-6-14-21)28(24-19-11-4-12-20-24)27(30-28)23-17-9-3-10-18-23/h1-20,27,30H. The Bertz CT molecular complexity index is 1280. The molecule has 1 aliphatic rings. The molecule has 0 aromatic heterocycles.